The van der Waals surface area contributed by atoms with Gasteiger partial charge >= 0.3 is 13.7 Å². The number of methoxy groups -OCH3 is 1. The highest BCUT2D eigenvalue weighted by atomic mass is 35.5. The van der Waals surface area contributed by atoms with Crippen LogP contribution in [-0.4, -0.2) is 101 Å². The van der Waals surface area contributed by atoms with Gasteiger partial charge in [0.25, 0.3) is 0 Å². The van der Waals surface area contributed by atoms with E-state index in [1.807, 2.05) is 0 Å². The van der Waals surface area contributed by atoms with Crippen molar-refractivity contribution in [2.45, 2.75) is 102 Å². The third kappa shape index (κ3) is 7.10. The quantitative estimate of drug-likeness (QED) is 0.160. The van der Waals surface area contributed by atoms with Crippen molar-refractivity contribution in [2.75, 3.05) is 33.5 Å². The zero-order valence-electron chi connectivity index (χ0n) is 26.5. The third-order valence-corrected chi connectivity index (χ3v) is 10.8. The fraction of sp³-hybridized carbons (Fsp3) is 0.750. The molecule has 0 bridgehead atoms. The van der Waals surface area contributed by atoms with Crippen LogP contribution in [0, 0.1) is 0 Å². The average molecular weight is 690 g/mol. The van der Waals surface area contributed by atoms with E-state index in [-0.39, 0.29) is 55.7 Å². The number of fused-ring (bicyclic) bond motifs is 2. The predicted molar refractivity (Wildman–Crippen MR) is 162 cm³/mol. The van der Waals surface area contributed by atoms with Gasteiger partial charge in [-0.15, -0.1) is 0 Å². The molecule has 0 radical (unpaired) electrons. The van der Waals surface area contributed by atoms with E-state index in [2.05, 4.69) is 20.4 Å². The minimum atomic E-state index is -4.03. The third-order valence-electron chi connectivity index (χ3n) is 8.01. The number of carbonyl (C=O) groups excluding carboxylic acids is 2. The van der Waals surface area contributed by atoms with Crippen molar-refractivity contribution in [1.29, 1.82) is 0 Å². The first-order valence-corrected chi connectivity index (χ1v) is 17.3. The highest BCUT2D eigenvalue weighted by molar-refractivity contribution is 7.55. The SMILES string of the molecule is CCOP(=O)(OCC)C(CC=O)(COC)OC[C@H]1O[C@@H](n2ncc3c(OC(=O)NC4CCCC4)nc(Cl)nc32)[C@@H]2OC(C)(C)O[C@@H]21. The molecule has 5 rings (SSSR count). The fourth-order valence-electron chi connectivity index (χ4n) is 6.12. The molecule has 2 aliphatic heterocycles. The number of nitrogens with one attached hydrogen (secondary N) is 1. The summed E-state index contributed by atoms with van der Waals surface area (Å²) in [7, 11) is -2.64. The molecule has 3 aliphatic rings. The molecular weight excluding hydrogens is 649 g/mol. The van der Waals surface area contributed by atoms with Gasteiger partial charge in [0, 0.05) is 19.6 Å². The second-order valence-corrected chi connectivity index (χ2v) is 14.3. The molecule has 5 atom stereocenters. The van der Waals surface area contributed by atoms with Crippen molar-refractivity contribution >= 4 is 42.6 Å². The molecule has 256 valence electrons. The smallest absolute Gasteiger partial charge is 0.390 e. The lowest BCUT2D eigenvalue weighted by atomic mass is 10.1. The van der Waals surface area contributed by atoms with E-state index in [0.29, 0.717) is 11.7 Å². The Morgan fingerprint density at radius 2 is 1.89 bits per heavy atom. The predicted octanol–water partition coefficient (Wildman–Crippen LogP) is 4.14. The van der Waals surface area contributed by atoms with Crippen LogP contribution in [-0.2, 0) is 42.1 Å². The number of aromatic nitrogens is 4. The van der Waals surface area contributed by atoms with Crippen LogP contribution >= 0.6 is 19.2 Å². The standard InChI is InChI=1S/C28H41ClN5O11P/c1-6-40-46(37,41-7-2)28(12-13-35,16-38-5)39-15-19-20-21(45-27(3,4)44-20)24(42-19)34-22-18(14-30-34)23(33-25(29)32-22)43-26(36)31-17-10-8-9-11-17/h13-14,17,19-21,24H,6-12,15-16H2,1-5H3,(H,31,36)/t19-,20-,21-,24-,28?/m1/s1. The number of hydrogen-bond donors (Lipinski definition) is 1. The summed E-state index contributed by atoms with van der Waals surface area (Å²) in [6, 6.07) is 0.0407. The average Bonchev–Trinajstić information content (AvgIpc) is 3.77. The van der Waals surface area contributed by atoms with E-state index < -0.39 is 49.4 Å². The highest BCUT2D eigenvalue weighted by Crippen LogP contribution is 2.62. The van der Waals surface area contributed by atoms with Crippen LogP contribution in [0.15, 0.2) is 6.20 Å². The summed E-state index contributed by atoms with van der Waals surface area (Å²) in [4.78, 5) is 32.9. The van der Waals surface area contributed by atoms with Crippen molar-refractivity contribution in [3.63, 3.8) is 0 Å². The number of nitrogens with zero attached hydrogens (tertiary/aromatic N) is 4. The van der Waals surface area contributed by atoms with Gasteiger partial charge in [0.15, 0.2) is 23.0 Å². The van der Waals surface area contributed by atoms with E-state index >= 15 is 0 Å². The molecule has 0 aromatic carbocycles. The summed E-state index contributed by atoms with van der Waals surface area (Å²) >= 11 is 6.27. The summed E-state index contributed by atoms with van der Waals surface area (Å²) in [5.74, 6) is -1.06. The molecule has 1 unspecified atom stereocenters. The second-order valence-electron chi connectivity index (χ2n) is 11.7. The molecule has 1 aliphatic carbocycles. The zero-order chi connectivity index (χ0) is 33.1. The van der Waals surface area contributed by atoms with Crippen LogP contribution < -0.4 is 10.1 Å². The molecule has 18 heteroatoms. The highest BCUT2D eigenvalue weighted by Gasteiger charge is 2.59. The van der Waals surface area contributed by atoms with Crippen LogP contribution in [0.2, 0.25) is 5.28 Å². The molecular formula is C28H41ClN5O11P. The number of ether oxygens (including phenoxy) is 6. The van der Waals surface area contributed by atoms with Crippen LogP contribution in [0.25, 0.3) is 11.0 Å². The van der Waals surface area contributed by atoms with Crippen LogP contribution in [0.4, 0.5) is 4.79 Å². The summed E-state index contributed by atoms with van der Waals surface area (Å²) < 4.78 is 62.6. The molecule has 1 N–H and O–H groups in total. The fourth-order valence-corrected chi connectivity index (χ4v) is 8.32. The van der Waals surface area contributed by atoms with Gasteiger partial charge in [-0.2, -0.15) is 15.1 Å². The number of amides is 1. The Balaban J connectivity index is 1.42. The number of rotatable bonds is 15. The van der Waals surface area contributed by atoms with Gasteiger partial charge in [-0.25, -0.2) is 9.48 Å². The molecule has 2 aromatic heterocycles. The minimum absolute atomic E-state index is 0.0407. The summed E-state index contributed by atoms with van der Waals surface area (Å²) in [5, 5.41) is 5.73. The topological polar surface area (TPSA) is 181 Å². The van der Waals surface area contributed by atoms with Crippen LogP contribution in [0.3, 0.4) is 0 Å². The van der Waals surface area contributed by atoms with Gasteiger partial charge < -0.3 is 47.6 Å². The summed E-state index contributed by atoms with van der Waals surface area (Å²) in [6.45, 7) is 6.48. The maximum Gasteiger partial charge on any atom is 0.414 e. The maximum absolute atomic E-state index is 14.0. The Hall–Kier alpha value is -2.27. The normalized spacial score (nSPS) is 25.9. The van der Waals surface area contributed by atoms with Crippen molar-refractivity contribution in [3.8, 4) is 5.88 Å². The van der Waals surface area contributed by atoms with Gasteiger partial charge in [0.1, 0.15) is 30.0 Å². The van der Waals surface area contributed by atoms with Gasteiger partial charge in [-0.1, -0.05) is 12.8 Å². The Kier molecular flexibility index (Phi) is 11.0. The summed E-state index contributed by atoms with van der Waals surface area (Å²) in [6.07, 6.45) is 1.80. The van der Waals surface area contributed by atoms with Crippen LogP contribution in [0.1, 0.15) is 66.0 Å². The molecule has 2 aromatic rings. The Morgan fingerprint density at radius 3 is 2.54 bits per heavy atom. The Bertz CT molecular complexity index is 1430. The zero-order valence-corrected chi connectivity index (χ0v) is 28.2. The molecule has 3 fully saturated rings. The van der Waals surface area contributed by atoms with E-state index in [4.69, 9.17) is 49.1 Å². The number of halogens is 1. The largest absolute Gasteiger partial charge is 0.414 e. The van der Waals surface area contributed by atoms with Gasteiger partial charge in [0.05, 0.1) is 32.6 Å². The van der Waals surface area contributed by atoms with E-state index in [9.17, 15) is 14.2 Å². The lowest BCUT2D eigenvalue weighted by Gasteiger charge is -2.37. The Labute approximate surface area is 271 Å². The number of aldehydes is 1. The number of hydrogen-bond acceptors (Lipinski definition) is 14. The Morgan fingerprint density at radius 1 is 1.20 bits per heavy atom. The summed E-state index contributed by atoms with van der Waals surface area (Å²) in [5.41, 5.74) is 0.231. The minimum Gasteiger partial charge on any atom is -0.390 e. The van der Waals surface area contributed by atoms with Gasteiger partial charge in [0.2, 0.25) is 11.2 Å². The monoisotopic (exact) mass is 689 g/mol. The molecule has 4 heterocycles. The van der Waals surface area contributed by atoms with Crippen molar-refractivity contribution < 1.29 is 51.6 Å². The van der Waals surface area contributed by atoms with Crippen molar-refractivity contribution in [3.05, 3.63) is 11.5 Å². The molecule has 1 saturated carbocycles. The van der Waals surface area contributed by atoms with Crippen LogP contribution in [0.5, 0.6) is 5.88 Å². The molecule has 2 saturated heterocycles. The van der Waals surface area contributed by atoms with E-state index in [0.717, 1.165) is 25.7 Å². The van der Waals surface area contributed by atoms with Gasteiger partial charge in [-0.05, 0) is 52.1 Å². The molecule has 16 nitrogen and oxygen atoms in total. The lowest BCUT2D eigenvalue weighted by molar-refractivity contribution is -0.207. The first kappa shape index (κ1) is 35.0. The lowest BCUT2D eigenvalue weighted by Crippen LogP contribution is -2.43. The van der Waals surface area contributed by atoms with E-state index in [1.165, 1.54) is 18.0 Å². The van der Waals surface area contributed by atoms with Crippen molar-refractivity contribution in [1.82, 2.24) is 25.1 Å². The van der Waals surface area contributed by atoms with Gasteiger partial charge in [-0.3, -0.25) is 4.57 Å². The molecule has 46 heavy (non-hydrogen) atoms. The first-order valence-electron chi connectivity index (χ1n) is 15.3. The van der Waals surface area contributed by atoms with E-state index in [1.54, 1.807) is 27.7 Å². The second kappa shape index (κ2) is 14.5. The molecule has 1 amide bonds. The maximum atomic E-state index is 14.0. The van der Waals surface area contributed by atoms with Crippen molar-refractivity contribution in [2.24, 2.45) is 0 Å². The first-order chi connectivity index (χ1) is 22.0. The molecule has 0 spiro atoms. The number of carbonyl (C=O) groups is 2.